The van der Waals surface area contributed by atoms with E-state index in [1.165, 1.54) is 7.11 Å². The van der Waals surface area contributed by atoms with Gasteiger partial charge >= 0.3 is 5.69 Å². The zero-order chi connectivity index (χ0) is 10.6. The van der Waals surface area contributed by atoms with E-state index in [4.69, 9.17) is 5.26 Å². The predicted molar refractivity (Wildman–Crippen MR) is 46.7 cm³/mol. The van der Waals surface area contributed by atoms with Gasteiger partial charge in [0.25, 0.3) is 5.88 Å². The molecule has 1 aromatic rings. The van der Waals surface area contributed by atoms with Gasteiger partial charge in [0, 0.05) is 11.8 Å². The second-order valence-corrected chi connectivity index (χ2v) is 2.76. The van der Waals surface area contributed by atoms with Crippen molar-refractivity contribution in [1.82, 2.24) is 9.97 Å². The summed E-state index contributed by atoms with van der Waals surface area (Å²) in [5.41, 5.74) is -0.387. The van der Waals surface area contributed by atoms with Gasteiger partial charge in [0.1, 0.15) is 11.7 Å². The summed E-state index contributed by atoms with van der Waals surface area (Å²) in [6.07, 6.45) is 1.10. The van der Waals surface area contributed by atoms with Crippen molar-refractivity contribution in [2.45, 2.75) is 5.03 Å². The largest absolute Gasteiger partial charge is 0.476 e. The van der Waals surface area contributed by atoms with E-state index in [-0.39, 0.29) is 16.6 Å². The summed E-state index contributed by atoms with van der Waals surface area (Å²) in [6, 6.07) is 0. The van der Waals surface area contributed by atoms with Gasteiger partial charge < -0.3 is 4.74 Å². The van der Waals surface area contributed by atoms with Gasteiger partial charge in [-0.3, -0.25) is 10.1 Å². The van der Waals surface area contributed by atoms with Crippen LogP contribution in [-0.4, -0.2) is 22.0 Å². The fourth-order valence-corrected chi connectivity index (χ4v) is 1.22. The Balaban J connectivity index is 3.29. The highest BCUT2D eigenvalue weighted by molar-refractivity contribution is 8.03. The molecule has 8 heteroatoms. The molecule has 0 saturated carbocycles. The summed E-state index contributed by atoms with van der Waals surface area (Å²) in [5, 5.41) is 20.7. The molecular weight excluding hydrogens is 208 g/mol. The maximum Gasteiger partial charge on any atom is 0.363 e. The number of hydrogen-bond donors (Lipinski definition) is 0. The SMILES string of the molecule is COc1ncnc(SC#N)c1[N+](=O)[O-]. The van der Waals surface area contributed by atoms with E-state index in [1.54, 1.807) is 5.40 Å². The number of aromatic nitrogens is 2. The second kappa shape index (κ2) is 4.38. The highest BCUT2D eigenvalue weighted by Crippen LogP contribution is 2.32. The minimum atomic E-state index is -0.682. The molecule has 7 nitrogen and oxygen atoms in total. The molecule has 0 atom stereocenters. The molecule has 1 rings (SSSR count). The minimum absolute atomic E-state index is 0.0237. The van der Waals surface area contributed by atoms with Gasteiger partial charge in [-0.05, 0) is 0 Å². The molecule has 0 N–H and O–H groups in total. The van der Waals surface area contributed by atoms with Crippen molar-refractivity contribution < 1.29 is 9.66 Å². The van der Waals surface area contributed by atoms with Crippen molar-refractivity contribution in [3.8, 4) is 11.3 Å². The van der Waals surface area contributed by atoms with Gasteiger partial charge in [0.05, 0.1) is 12.0 Å². The first-order valence-corrected chi connectivity index (χ1v) is 4.11. The minimum Gasteiger partial charge on any atom is -0.476 e. The van der Waals surface area contributed by atoms with Crippen LogP contribution in [0.15, 0.2) is 11.4 Å². The Bertz CT molecular complexity index is 403. The first kappa shape index (κ1) is 10.2. The molecule has 14 heavy (non-hydrogen) atoms. The van der Waals surface area contributed by atoms with Gasteiger partial charge in [-0.2, -0.15) is 10.2 Å². The fraction of sp³-hybridized carbons (Fsp3) is 0.167. The normalized spacial score (nSPS) is 9.14. The number of rotatable bonds is 3. The van der Waals surface area contributed by atoms with E-state index in [9.17, 15) is 10.1 Å². The number of ether oxygens (including phenoxy) is 1. The topological polar surface area (TPSA) is 102 Å². The lowest BCUT2D eigenvalue weighted by Gasteiger charge is -2.00. The number of thiocyanates is 1. The number of nitro groups is 1. The van der Waals surface area contributed by atoms with E-state index in [0.717, 1.165) is 6.33 Å². The predicted octanol–water partition coefficient (Wildman–Crippen LogP) is 0.967. The molecule has 0 aliphatic carbocycles. The number of thioether (sulfide) groups is 1. The Morgan fingerprint density at radius 2 is 2.43 bits per heavy atom. The van der Waals surface area contributed by atoms with E-state index >= 15 is 0 Å². The standard InChI is InChI=1S/C6H4N4O3S/c1-13-5-4(10(11)12)6(14-2-7)9-3-8-5/h3H,1H3. The molecule has 0 bridgehead atoms. The van der Waals surface area contributed by atoms with Crippen molar-refractivity contribution in [1.29, 1.82) is 5.26 Å². The highest BCUT2D eigenvalue weighted by Gasteiger charge is 2.23. The van der Waals surface area contributed by atoms with Crippen LogP contribution < -0.4 is 4.74 Å². The zero-order valence-electron chi connectivity index (χ0n) is 7.00. The van der Waals surface area contributed by atoms with Crippen LogP contribution in [-0.2, 0) is 0 Å². The fourth-order valence-electron chi connectivity index (χ4n) is 0.771. The van der Waals surface area contributed by atoms with Crippen LogP contribution in [0.5, 0.6) is 5.88 Å². The highest BCUT2D eigenvalue weighted by atomic mass is 32.2. The van der Waals surface area contributed by atoms with Gasteiger partial charge in [-0.25, -0.2) is 4.98 Å². The molecule has 0 spiro atoms. The maximum absolute atomic E-state index is 10.6. The third-order valence-corrected chi connectivity index (χ3v) is 1.86. The molecule has 0 fully saturated rings. The summed E-state index contributed by atoms with van der Waals surface area (Å²) in [4.78, 5) is 17.1. The summed E-state index contributed by atoms with van der Waals surface area (Å²) >= 11 is 0.593. The van der Waals surface area contributed by atoms with Crippen LogP contribution in [0.2, 0.25) is 0 Å². The molecule has 0 radical (unpaired) electrons. The Hall–Kier alpha value is -1.88. The van der Waals surface area contributed by atoms with Crippen LogP contribution in [0, 0.1) is 20.8 Å². The molecule has 0 saturated heterocycles. The van der Waals surface area contributed by atoms with Gasteiger partial charge in [-0.1, -0.05) is 0 Å². The third kappa shape index (κ3) is 1.89. The Morgan fingerprint density at radius 1 is 1.71 bits per heavy atom. The van der Waals surface area contributed by atoms with Gasteiger partial charge in [-0.15, -0.1) is 0 Å². The number of nitriles is 1. The summed E-state index contributed by atoms with van der Waals surface area (Å²) in [6.45, 7) is 0. The average Bonchev–Trinajstić information content (AvgIpc) is 2.17. The van der Waals surface area contributed by atoms with Crippen molar-refractivity contribution >= 4 is 17.4 Å². The Morgan fingerprint density at radius 3 is 2.93 bits per heavy atom. The monoisotopic (exact) mass is 212 g/mol. The summed E-state index contributed by atoms with van der Waals surface area (Å²) < 4.78 is 4.68. The molecule has 0 aromatic carbocycles. The molecule has 0 aliphatic rings. The maximum atomic E-state index is 10.6. The molecule has 1 aromatic heterocycles. The number of nitrogens with zero attached hydrogens (tertiary/aromatic N) is 4. The van der Waals surface area contributed by atoms with E-state index < -0.39 is 4.92 Å². The molecule has 72 valence electrons. The van der Waals surface area contributed by atoms with Crippen molar-refractivity contribution in [3.63, 3.8) is 0 Å². The lowest BCUT2D eigenvalue weighted by atomic mass is 10.5. The van der Waals surface area contributed by atoms with Crippen LogP contribution >= 0.6 is 11.8 Å². The molecule has 0 unspecified atom stereocenters. The lowest BCUT2D eigenvalue weighted by molar-refractivity contribution is -0.389. The Labute approximate surface area is 82.9 Å². The zero-order valence-corrected chi connectivity index (χ0v) is 7.82. The Kier molecular flexibility index (Phi) is 3.19. The van der Waals surface area contributed by atoms with Gasteiger partial charge in [0.2, 0.25) is 0 Å². The summed E-state index contributed by atoms with van der Waals surface area (Å²) in [7, 11) is 1.26. The first-order valence-electron chi connectivity index (χ1n) is 3.30. The smallest absolute Gasteiger partial charge is 0.363 e. The average molecular weight is 212 g/mol. The van der Waals surface area contributed by atoms with Crippen LogP contribution in [0.4, 0.5) is 5.69 Å². The number of methoxy groups -OCH3 is 1. The van der Waals surface area contributed by atoms with Crippen LogP contribution in [0.25, 0.3) is 0 Å². The third-order valence-electron chi connectivity index (χ3n) is 1.27. The van der Waals surface area contributed by atoms with Crippen LogP contribution in [0.1, 0.15) is 0 Å². The van der Waals surface area contributed by atoms with Crippen LogP contribution in [0.3, 0.4) is 0 Å². The van der Waals surface area contributed by atoms with Gasteiger partial charge in [0.15, 0.2) is 5.03 Å². The van der Waals surface area contributed by atoms with E-state index in [1.807, 2.05) is 0 Å². The number of hydrogen-bond acceptors (Lipinski definition) is 7. The molecule has 0 amide bonds. The molecule has 1 heterocycles. The van der Waals surface area contributed by atoms with Crippen molar-refractivity contribution in [3.05, 3.63) is 16.4 Å². The lowest BCUT2D eigenvalue weighted by Crippen LogP contribution is -1.99. The first-order chi connectivity index (χ1) is 6.70. The van der Waals surface area contributed by atoms with Crippen molar-refractivity contribution in [2.24, 2.45) is 0 Å². The molecule has 0 aliphatic heterocycles. The second-order valence-electron chi connectivity index (χ2n) is 1.99. The van der Waals surface area contributed by atoms with E-state index in [2.05, 4.69) is 14.7 Å². The van der Waals surface area contributed by atoms with E-state index in [0.29, 0.717) is 11.8 Å². The van der Waals surface area contributed by atoms with Crippen molar-refractivity contribution in [2.75, 3.05) is 7.11 Å². The summed E-state index contributed by atoms with van der Waals surface area (Å²) in [5.74, 6) is -0.150. The quantitative estimate of drug-likeness (QED) is 0.242. The molecular formula is C6H4N4O3S.